The van der Waals surface area contributed by atoms with Crippen molar-refractivity contribution >= 4 is 32.9 Å². The first-order chi connectivity index (χ1) is 9.15. The van der Waals surface area contributed by atoms with E-state index < -0.39 is 27.3 Å². The van der Waals surface area contributed by atoms with Gasteiger partial charge in [0.15, 0.2) is 0 Å². The van der Waals surface area contributed by atoms with Gasteiger partial charge < -0.3 is 11.1 Å². The van der Waals surface area contributed by atoms with Crippen LogP contribution in [0.2, 0.25) is 0 Å². The number of hydrogen-bond donors (Lipinski definition) is 2. The Morgan fingerprint density at radius 1 is 1.35 bits per heavy atom. The van der Waals surface area contributed by atoms with Crippen LogP contribution in [0.1, 0.15) is 5.56 Å². The number of benzene rings is 1. The first kappa shape index (κ1) is 16.7. The minimum Gasteiger partial charge on any atom is -0.389 e. The number of rotatable bonds is 6. The van der Waals surface area contributed by atoms with Crippen LogP contribution < -0.4 is 11.1 Å². The Morgan fingerprint density at radius 2 is 1.85 bits per heavy atom. The van der Waals surface area contributed by atoms with E-state index in [0.29, 0.717) is 0 Å². The molecule has 3 N–H and O–H groups in total. The van der Waals surface area contributed by atoms with Crippen molar-refractivity contribution in [3.05, 3.63) is 29.3 Å². The zero-order valence-corrected chi connectivity index (χ0v) is 12.6. The van der Waals surface area contributed by atoms with Gasteiger partial charge in [0, 0.05) is 26.2 Å². The highest BCUT2D eigenvalue weighted by molar-refractivity contribution is 7.89. The van der Waals surface area contributed by atoms with E-state index in [1.807, 2.05) is 0 Å². The Morgan fingerprint density at radius 3 is 2.25 bits per heavy atom. The fourth-order valence-electron chi connectivity index (χ4n) is 1.37. The first-order valence-electron chi connectivity index (χ1n) is 5.58. The number of sulfonamides is 1. The summed E-state index contributed by atoms with van der Waals surface area (Å²) in [6, 6.07) is 1.99. The molecule has 0 atom stereocenters. The van der Waals surface area contributed by atoms with Gasteiger partial charge in [0.2, 0.25) is 10.0 Å². The first-order valence-corrected chi connectivity index (χ1v) is 7.60. The van der Waals surface area contributed by atoms with Gasteiger partial charge in [-0.25, -0.2) is 21.5 Å². The van der Waals surface area contributed by atoms with Gasteiger partial charge in [-0.3, -0.25) is 0 Å². The average Bonchev–Trinajstić information content (AvgIpc) is 2.31. The molecule has 0 spiro atoms. The van der Waals surface area contributed by atoms with E-state index in [0.717, 1.165) is 16.4 Å². The minimum absolute atomic E-state index is 0.0708. The molecule has 0 bridgehead atoms. The predicted octanol–water partition coefficient (Wildman–Crippen LogP) is 0.902. The van der Waals surface area contributed by atoms with E-state index >= 15 is 0 Å². The monoisotopic (exact) mass is 323 g/mol. The van der Waals surface area contributed by atoms with Gasteiger partial charge >= 0.3 is 0 Å². The van der Waals surface area contributed by atoms with E-state index in [1.54, 1.807) is 0 Å². The van der Waals surface area contributed by atoms with Crippen molar-refractivity contribution in [2.75, 3.05) is 31.7 Å². The van der Waals surface area contributed by atoms with Crippen LogP contribution >= 0.6 is 12.2 Å². The van der Waals surface area contributed by atoms with Crippen molar-refractivity contribution in [2.45, 2.75) is 0 Å². The molecule has 20 heavy (non-hydrogen) atoms. The number of halogens is 2. The molecule has 1 aromatic rings. The van der Waals surface area contributed by atoms with Crippen LogP contribution in [0.15, 0.2) is 12.1 Å². The largest absolute Gasteiger partial charge is 0.389 e. The lowest BCUT2D eigenvalue weighted by molar-refractivity contribution is 0.521. The Labute approximate surface area is 121 Å². The molecule has 0 saturated heterocycles. The number of nitrogens with zero attached hydrogens (tertiary/aromatic N) is 1. The van der Waals surface area contributed by atoms with Crippen molar-refractivity contribution in [3.63, 3.8) is 0 Å². The quantitative estimate of drug-likeness (QED) is 0.761. The summed E-state index contributed by atoms with van der Waals surface area (Å²) in [6.07, 6.45) is 0. The Bertz CT molecular complexity index is 595. The summed E-state index contributed by atoms with van der Waals surface area (Å²) in [5, 5.41) is 2.42. The van der Waals surface area contributed by atoms with Crippen LogP contribution in [0.4, 0.5) is 14.5 Å². The number of hydrogen-bond acceptors (Lipinski definition) is 4. The van der Waals surface area contributed by atoms with E-state index in [-0.39, 0.29) is 22.8 Å². The van der Waals surface area contributed by atoms with Crippen molar-refractivity contribution in [3.8, 4) is 0 Å². The maximum Gasteiger partial charge on any atom is 0.215 e. The van der Waals surface area contributed by atoms with Gasteiger partial charge in [0.05, 0.1) is 5.75 Å². The van der Waals surface area contributed by atoms with Crippen LogP contribution in [0.5, 0.6) is 0 Å². The molecule has 0 aliphatic carbocycles. The predicted molar refractivity (Wildman–Crippen MR) is 78.2 cm³/mol. The molecular formula is C11H15F2N3O2S2. The zero-order valence-electron chi connectivity index (χ0n) is 11.0. The molecular weight excluding hydrogens is 308 g/mol. The molecule has 112 valence electrons. The Kier molecular flexibility index (Phi) is 5.37. The van der Waals surface area contributed by atoms with Crippen LogP contribution in [0, 0.1) is 11.6 Å². The summed E-state index contributed by atoms with van der Waals surface area (Å²) < 4.78 is 51.4. The lowest BCUT2D eigenvalue weighted by Gasteiger charge is -2.13. The van der Waals surface area contributed by atoms with Crippen LogP contribution in [-0.4, -0.2) is 44.1 Å². The average molecular weight is 323 g/mol. The maximum atomic E-state index is 13.7. The van der Waals surface area contributed by atoms with E-state index in [1.165, 1.54) is 14.1 Å². The molecule has 0 aliphatic heterocycles. The summed E-state index contributed by atoms with van der Waals surface area (Å²) in [5.41, 5.74) is 4.95. The molecule has 5 nitrogen and oxygen atoms in total. The number of thiocarbonyl (C=S) groups is 1. The molecule has 9 heteroatoms. The number of nitrogens with two attached hydrogens (primary N) is 1. The topological polar surface area (TPSA) is 75.4 Å². The number of anilines is 1. The normalized spacial score (nSPS) is 11.7. The highest BCUT2D eigenvalue weighted by Crippen LogP contribution is 2.20. The van der Waals surface area contributed by atoms with Crippen LogP contribution in [0.3, 0.4) is 0 Å². The van der Waals surface area contributed by atoms with Gasteiger partial charge in [0.1, 0.15) is 22.3 Å². The summed E-state index contributed by atoms with van der Waals surface area (Å²) in [7, 11) is -0.666. The van der Waals surface area contributed by atoms with Crippen molar-refractivity contribution < 1.29 is 17.2 Å². The molecule has 1 aromatic carbocycles. The van der Waals surface area contributed by atoms with E-state index in [2.05, 4.69) is 17.5 Å². The second-order valence-electron chi connectivity index (χ2n) is 4.20. The lowest BCUT2D eigenvalue weighted by Crippen LogP contribution is -2.28. The zero-order chi connectivity index (χ0) is 15.5. The summed E-state index contributed by atoms with van der Waals surface area (Å²) >= 11 is 4.63. The molecule has 0 aliphatic rings. The van der Waals surface area contributed by atoms with E-state index in [4.69, 9.17) is 5.73 Å². The SMILES string of the molecule is CN(C)S(=O)(=O)CCNc1c(F)cc(C(N)=S)cc1F. The standard InChI is InChI=1S/C11H15F2N3O2S2/c1-16(2)20(17,18)4-3-15-10-8(12)5-7(11(14)19)6-9(10)13/h5-6,15H,3-4H2,1-2H3,(H2,14,19). The second-order valence-corrected chi connectivity index (χ2v) is 6.95. The highest BCUT2D eigenvalue weighted by Gasteiger charge is 2.16. The summed E-state index contributed by atoms with van der Waals surface area (Å²) in [4.78, 5) is -0.121. The van der Waals surface area contributed by atoms with E-state index in [9.17, 15) is 17.2 Å². The molecule has 0 heterocycles. The van der Waals surface area contributed by atoms with Crippen LogP contribution in [0.25, 0.3) is 0 Å². The van der Waals surface area contributed by atoms with Gasteiger partial charge in [-0.2, -0.15) is 0 Å². The molecule has 0 amide bonds. The van der Waals surface area contributed by atoms with Crippen molar-refractivity contribution in [1.29, 1.82) is 0 Å². The highest BCUT2D eigenvalue weighted by atomic mass is 32.2. The molecule has 0 unspecified atom stereocenters. The van der Waals surface area contributed by atoms with Crippen molar-refractivity contribution in [2.24, 2.45) is 5.73 Å². The lowest BCUT2D eigenvalue weighted by atomic mass is 10.2. The third kappa shape index (κ3) is 4.09. The minimum atomic E-state index is -3.43. The Hall–Kier alpha value is -1.32. The van der Waals surface area contributed by atoms with Gasteiger partial charge in [-0.05, 0) is 12.1 Å². The smallest absolute Gasteiger partial charge is 0.215 e. The fraction of sp³-hybridized carbons (Fsp3) is 0.364. The van der Waals surface area contributed by atoms with Gasteiger partial charge in [0.25, 0.3) is 0 Å². The fourth-order valence-corrected chi connectivity index (χ4v) is 2.21. The molecule has 0 radical (unpaired) electrons. The summed E-state index contributed by atoms with van der Waals surface area (Å²) in [6.45, 7) is -0.124. The number of nitrogens with one attached hydrogen (secondary N) is 1. The third-order valence-corrected chi connectivity index (χ3v) is 4.61. The Balaban J connectivity index is 2.82. The van der Waals surface area contributed by atoms with Gasteiger partial charge in [-0.1, -0.05) is 12.2 Å². The summed E-state index contributed by atoms with van der Waals surface area (Å²) in [5.74, 6) is -2.04. The van der Waals surface area contributed by atoms with Crippen molar-refractivity contribution in [1.82, 2.24) is 4.31 Å². The molecule has 0 aromatic heterocycles. The van der Waals surface area contributed by atoms with Crippen LogP contribution in [-0.2, 0) is 10.0 Å². The molecule has 1 rings (SSSR count). The second kappa shape index (κ2) is 6.42. The van der Waals surface area contributed by atoms with Gasteiger partial charge in [-0.15, -0.1) is 0 Å². The third-order valence-electron chi connectivity index (χ3n) is 2.54. The maximum absolute atomic E-state index is 13.7. The molecule has 0 saturated carbocycles. The molecule has 0 fully saturated rings.